The fraction of sp³-hybridized carbons (Fsp3) is 0.529. The second-order valence-electron chi connectivity index (χ2n) is 6.45. The summed E-state index contributed by atoms with van der Waals surface area (Å²) in [7, 11) is 1.81. The van der Waals surface area contributed by atoms with Gasteiger partial charge in [-0.1, -0.05) is 30.7 Å². The van der Waals surface area contributed by atoms with Crippen molar-refractivity contribution in [3.63, 3.8) is 0 Å². The summed E-state index contributed by atoms with van der Waals surface area (Å²) in [5, 5.41) is 9.35. The average molecular weight is 287 g/mol. The van der Waals surface area contributed by atoms with Gasteiger partial charge in [-0.3, -0.25) is 9.59 Å². The van der Waals surface area contributed by atoms with Crippen molar-refractivity contribution in [1.29, 1.82) is 0 Å². The van der Waals surface area contributed by atoms with Gasteiger partial charge in [-0.15, -0.1) is 0 Å². The minimum Gasteiger partial charge on any atom is -0.481 e. The van der Waals surface area contributed by atoms with Gasteiger partial charge in [0.05, 0.1) is 5.41 Å². The van der Waals surface area contributed by atoms with Crippen LogP contribution in [0.15, 0.2) is 24.3 Å². The first-order chi connectivity index (χ1) is 10.0. The lowest BCUT2D eigenvalue weighted by atomic mass is 9.66. The van der Waals surface area contributed by atoms with Crippen molar-refractivity contribution >= 4 is 11.9 Å². The minimum absolute atomic E-state index is 0.0325. The van der Waals surface area contributed by atoms with E-state index in [1.807, 2.05) is 19.2 Å². The van der Waals surface area contributed by atoms with Gasteiger partial charge in [0, 0.05) is 19.5 Å². The van der Waals surface area contributed by atoms with Crippen LogP contribution in [0.25, 0.3) is 0 Å². The van der Waals surface area contributed by atoms with Gasteiger partial charge in [-0.05, 0) is 36.8 Å². The van der Waals surface area contributed by atoms with Crippen molar-refractivity contribution in [2.75, 3.05) is 7.05 Å². The van der Waals surface area contributed by atoms with E-state index in [9.17, 15) is 14.7 Å². The topological polar surface area (TPSA) is 57.6 Å². The molecule has 3 rings (SSSR count). The number of likely N-dealkylation sites (N-methyl/N-ethyl adjacent to an activating group) is 1. The maximum atomic E-state index is 12.5. The van der Waals surface area contributed by atoms with Crippen molar-refractivity contribution in [1.82, 2.24) is 4.90 Å². The van der Waals surface area contributed by atoms with Crippen molar-refractivity contribution in [3.8, 4) is 0 Å². The molecule has 1 aromatic carbocycles. The molecule has 0 aliphatic heterocycles. The Kier molecular flexibility index (Phi) is 3.47. The molecule has 0 unspecified atom stereocenters. The normalized spacial score (nSPS) is 19.7. The van der Waals surface area contributed by atoms with Gasteiger partial charge in [0.15, 0.2) is 0 Å². The molecule has 2 aliphatic rings. The van der Waals surface area contributed by atoms with Crippen molar-refractivity contribution < 1.29 is 14.7 Å². The summed E-state index contributed by atoms with van der Waals surface area (Å²) in [5.74, 6) is -0.847. The molecule has 1 saturated carbocycles. The highest BCUT2D eigenvalue weighted by molar-refractivity contribution is 5.85. The van der Waals surface area contributed by atoms with Crippen molar-refractivity contribution in [2.45, 2.75) is 44.6 Å². The Labute approximate surface area is 124 Å². The number of carbonyl (C=O) groups is 2. The van der Waals surface area contributed by atoms with E-state index in [1.165, 1.54) is 11.1 Å². The maximum absolute atomic E-state index is 12.5. The number of aliphatic carboxylic acids is 1. The lowest BCUT2D eigenvalue weighted by molar-refractivity contribution is -0.159. The Morgan fingerprint density at radius 2 is 1.81 bits per heavy atom. The van der Waals surface area contributed by atoms with Crippen LogP contribution in [0.4, 0.5) is 0 Å². The fourth-order valence-corrected chi connectivity index (χ4v) is 3.50. The molecule has 4 nitrogen and oxygen atoms in total. The van der Waals surface area contributed by atoms with Crippen molar-refractivity contribution in [3.05, 3.63) is 35.4 Å². The van der Waals surface area contributed by atoms with Crippen LogP contribution in [0.5, 0.6) is 0 Å². The van der Waals surface area contributed by atoms with Gasteiger partial charge >= 0.3 is 5.97 Å². The Bertz CT molecular complexity index is 552. The molecule has 1 aromatic rings. The molecule has 0 aromatic heterocycles. The SMILES string of the molecule is CN(C(=O)CC1(C(=O)O)CCC1)C1Cc2ccccc2C1. The third kappa shape index (κ3) is 2.43. The highest BCUT2D eigenvalue weighted by Gasteiger charge is 2.46. The monoisotopic (exact) mass is 287 g/mol. The van der Waals surface area contributed by atoms with Gasteiger partial charge in [0.1, 0.15) is 0 Å². The van der Waals surface area contributed by atoms with Crippen LogP contribution >= 0.6 is 0 Å². The summed E-state index contributed by atoms with van der Waals surface area (Å²) in [6.07, 6.45) is 4.07. The molecule has 0 spiro atoms. The standard InChI is InChI=1S/C17H21NO3/c1-18(14-9-12-5-2-3-6-13(12)10-14)15(19)11-17(16(20)21)7-4-8-17/h2-3,5-6,14H,4,7-11H2,1H3,(H,20,21). The molecular formula is C17H21NO3. The van der Waals surface area contributed by atoms with Gasteiger partial charge in [0.25, 0.3) is 0 Å². The first kappa shape index (κ1) is 14.1. The number of benzene rings is 1. The maximum Gasteiger partial charge on any atom is 0.310 e. The number of hydrogen-bond donors (Lipinski definition) is 1. The number of amides is 1. The van der Waals surface area contributed by atoms with E-state index < -0.39 is 11.4 Å². The van der Waals surface area contributed by atoms with Gasteiger partial charge in [0.2, 0.25) is 5.91 Å². The lowest BCUT2D eigenvalue weighted by Gasteiger charge is -2.38. The number of rotatable bonds is 4. The molecule has 0 atom stereocenters. The Morgan fingerprint density at radius 3 is 2.24 bits per heavy atom. The molecule has 1 amide bonds. The smallest absolute Gasteiger partial charge is 0.310 e. The predicted molar refractivity (Wildman–Crippen MR) is 78.9 cm³/mol. The van der Waals surface area contributed by atoms with Gasteiger partial charge < -0.3 is 10.0 Å². The highest BCUT2D eigenvalue weighted by Crippen LogP contribution is 2.44. The Hall–Kier alpha value is -1.84. The van der Waals surface area contributed by atoms with Crippen LogP contribution in [0.3, 0.4) is 0 Å². The van der Waals surface area contributed by atoms with E-state index in [-0.39, 0.29) is 18.4 Å². The molecule has 4 heteroatoms. The lowest BCUT2D eigenvalue weighted by Crippen LogP contribution is -2.45. The summed E-state index contributed by atoms with van der Waals surface area (Å²) in [5.41, 5.74) is 1.81. The molecule has 0 saturated heterocycles. The summed E-state index contributed by atoms with van der Waals surface area (Å²) in [6, 6.07) is 8.44. The molecule has 21 heavy (non-hydrogen) atoms. The highest BCUT2D eigenvalue weighted by atomic mass is 16.4. The molecule has 0 bridgehead atoms. The fourth-order valence-electron chi connectivity index (χ4n) is 3.50. The van der Waals surface area contributed by atoms with E-state index >= 15 is 0 Å². The molecule has 1 N–H and O–H groups in total. The summed E-state index contributed by atoms with van der Waals surface area (Å²) < 4.78 is 0. The molecule has 112 valence electrons. The largest absolute Gasteiger partial charge is 0.481 e. The summed E-state index contributed by atoms with van der Waals surface area (Å²) >= 11 is 0. The third-order valence-electron chi connectivity index (χ3n) is 5.22. The zero-order valence-corrected chi connectivity index (χ0v) is 12.3. The minimum atomic E-state index is -0.815. The van der Waals surface area contributed by atoms with Crippen molar-refractivity contribution in [2.24, 2.45) is 5.41 Å². The van der Waals surface area contributed by atoms with E-state index in [1.54, 1.807) is 4.90 Å². The van der Waals surface area contributed by atoms with Crippen LogP contribution in [-0.2, 0) is 22.4 Å². The Morgan fingerprint density at radius 1 is 1.24 bits per heavy atom. The second-order valence-corrected chi connectivity index (χ2v) is 6.45. The van der Waals surface area contributed by atoms with Crippen LogP contribution in [0.1, 0.15) is 36.8 Å². The van der Waals surface area contributed by atoms with Gasteiger partial charge in [-0.2, -0.15) is 0 Å². The number of carboxylic acid groups (broad SMARTS) is 1. The van der Waals surface area contributed by atoms with Crippen LogP contribution in [0.2, 0.25) is 0 Å². The number of nitrogens with zero attached hydrogens (tertiary/aromatic N) is 1. The number of fused-ring (bicyclic) bond motifs is 1. The quantitative estimate of drug-likeness (QED) is 0.924. The van der Waals surface area contributed by atoms with E-state index in [0.717, 1.165) is 19.3 Å². The van der Waals surface area contributed by atoms with E-state index in [2.05, 4.69) is 12.1 Å². The third-order valence-corrected chi connectivity index (χ3v) is 5.22. The van der Waals surface area contributed by atoms with E-state index in [4.69, 9.17) is 0 Å². The van der Waals surface area contributed by atoms with Crippen LogP contribution in [0, 0.1) is 5.41 Å². The summed E-state index contributed by atoms with van der Waals surface area (Å²) in [6.45, 7) is 0. The Balaban J connectivity index is 1.65. The molecule has 0 radical (unpaired) electrons. The van der Waals surface area contributed by atoms with E-state index in [0.29, 0.717) is 12.8 Å². The number of carbonyl (C=O) groups excluding carboxylic acids is 1. The second kappa shape index (κ2) is 5.17. The molecular weight excluding hydrogens is 266 g/mol. The number of hydrogen-bond acceptors (Lipinski definition) is 2. The number of carboxylic acids is 1. The molecule has 2 aliphatic carbocycles. The predicted octanol–water partition coefficient (Wildman–Crippen LogP) is 2.26. The molecule has 0 heterocycles. The van der Waals surface area contributed by atoms with Gasteiger partial charge in [-0.25, -0.2) is 0 Å². The summed E-state index contributed by atoms with van der Waals surface area (Å²) in [4.78, 5) is 25.6. The average Bonchev–Trinajstić information content (AvgIpc) is 2.85. The van der Waals surface area contributed by atoms with Crippen LogP contribution < -0.4 is 0 Å². The first-order valence-corrected chi connectivity index (χ1v) is 7.58. The zero-order chi connectivity index (χ0) is 15.0. The van der Waals surface area contributed by atoms with Crippen LogP contribution in [-0.4, -0.2) is 35.0 Å². The molecule has 1 fully saturated rings. The first-order valence-electron chi connectivity index (χ1n) is 7.58. The zero-order valence-electron chi connectivity index (χ0n) is 12.3.